The fourth-order valence-electron chi connectivity index (χ4n) is 1.55. The van der Waals surface area contributed by atoms with Gasteiger partial charge in [-0.2, -0.15) is 0 Å². The van der Waals surface area contributed by atoms with E-state index in [0.29, 0.717) is 11.6 Å². The maximum Gasteiger partial charge on any atom is 0.132 e. The Morgan fingerprint density at radius 1 is 0.824 bits per heavy atom. The quantitative estimate of drug-likeness (QED) is 0.851. The van der Waals surface area contributed by atoms with Gasteiger partial charge in [0.2, 0.25) is 0 Å². The van der Waals surface area contributed by atoms with Gasteiger partial charge in [-0.25, -0.2) is 13.2 Å². The Balaban J connectivity index is 2.36. The first-order valence-electron chi connectivity index (χ1n) is 4.96. The van der Waals surface area contributed by atoms with Crippen molar-refractivity contribution in [3.63, 3.8) is 0 Å². The number of halogens is 3. The van der Waals surface area contributed by atoms with Gasteiger partial charge in [-0.1, -0.05) is 18.2 Å². The molecule has 0 fully saturated rings. The van der Waals surface area contributed by atoms with Crippen LogP contribution in [0.2, 0.25) is 0 Å². The Morgan fingerprint density at radius 2 is 1.41 bits per heavy atom. The Hall–Kier alpha value is -1.81. The number of aliphatic hydroxyl groups is 1. The molecule has 0 saturated heterocycles. The summed E-state index contributed by atoms with van der Waals surface area (Å²) in [5, 5.41) is 9.87. The fraction of sp³-hybridized carbons (Fsp3) is 0.0769. The van der Waals surface area contributed by atoms with Gasteiger partial charge in [0.1, 0.15) is 23.6 Å². The minimum absolute atomic E-state index is 0.0435. The highest BCUT2D eigenvalue weighted by molar-refractivity contribution is 5.31. The molecule has 0 amide bonds. The van der Waals surface area contributed by atoms with Gasteiger partial charge in [0.05, 0.1) is 0 Å². The van der Waals surface area contributed by atoms with Gasteiger partial charge in [-0.05, 0) is 23.8 Å². The van der Waals surface area contributed by atoms with Crippen molar-refractivity contribution in [2.75, 3.05) is 0 Å². The second kappa shape index (κ2) is 4.59. The van der Waals surface area contributed by atoms with Gasteiger partial charge < -0.3 is 5.11 Å². The smallest absolute Gasteiger partial charge is 0.132 e. The van der Waals surface area contributed by atoms with E-state index >= 15 is 0 Å². The average Bonchev–Trinajstić information content (AvgIpc) is 2.29. The summed E-state index contributed by atoms with van der Waals surface area (Å²) in [5.41, 5.74) is 0.301. The first kappa shape index (κ1) is 11.7. The summed E-state index contributed by atoms with van der Waals surface area (Å²) < 4.78 is 38.8. The molecule has 0 saturated carbocycles. The van der Waals surface area contributed by atoms with Gasteiger partial charge in [-0.15, -0.1) is 0 Å². The highest BCUT2D eigenvalue weighted by Gasteiger charge is 2.15. The van der Waals surface area contributed by atoms with Crippen LogP contribution in [0.1, 0.15) is 17.2 Å². The van der Waals surface area contributed by atoms with Crippen LogP contribution in [-0.4, -0.2) is 5.11 Å². The highest BCUT2D eigenvalue weighted by atomic mass is 19.1. The third kappa shape index (κ3) is 2.47. The minimum Gasteiger partial charge on any atom is -0.384 e. The zero-order valence-electron chi connectivity index (χ0n) is 8.70. The van der Waals surface area contributed by atoms with Crippen molar-refractivity contribution in [2.24, 2.45) is 0 Å². The summed E-state index contributed by atoms with van der Waals surface area (Å²) in [7, 11) is 0. The molecule has 2 rings (SSSR count). The van der Waals surface area contributed by atoms with Crippen LogP contribution in [0.4, 0.5) is 13.2 Å². The molecule has 1 N–H and O–H groups in total. The number of benzene rings is 2. The summed E-state index contributed by atoms with van der Waals surface area (Å²) in [6, 6.07) is 7.96. The third-order valence-electron chi connectivity index (χ3n) is 2.44. The molecular weight excluding hydrogens is 229 g/mol. The van der Waals surface area contributed by atoms with Crippen molar-refractivity contribution in [2.45, 2.75) is 6.10 Å². The normalized spacial score (nSPS) is 12.5. The number of hydrogen-bond acceptors (Lipinski definition) is 1. The Morgan fingerprint density at radius 3 is 2.00 bits per heavy atom. The highest BCUT2D eigenvalue weighted by Crippen LogP contribution is 2.24. The number of hydrogen-bond donors (Lipinski definition) is 1. The summed E-state index contributed by atoms with van der Waals surface area (Å²) in [6.07, 6.45) is -1.24. The van der Waals surface area contributed by atoms with Gasteiger partial charge in [0.25, 0.3) is 0 Å². The minimum atomic E-state index is -1.24. The van der Waals surface area contributed by atoms with Crippen LogP contribution in [0.15, 0.2) is 42.5 Å². The lowest BCUT2D eigenvalue weighted by Gasteiger charge is -2.12. The largest absolute Gasteiger partial charge is 0.384 e. The molecule has 0 aliphatic carbocycles. The zero-order valence-corrected chi connectivity index (χ0v) is 8.70. The number of rotatable bonds is 2. The van der Waals surface area contributed by atoms with E-state index in [-0.39, 0.29) is 5.56 Å². The third-order valence-corrected chi connectivity index (χ3v) is 2.44. The lowest BCUT2D eigenvalue weighted by atomic mass is 10.0. The summed E-state index contributed by atoms with van der Waals surface area (Å²) >= 11 is 0. The second-order valence-corrected chi connectivity index (χ2v) is 3.62. The van der Waals surface area contributed by atoms with Gasteiger partial charge >= 0.3 is 0 Å². The topological polar surface area (TPSA) is 20.2 Å². The molecule has 0 radical (unpaired) electrons. The molecular formula is C13H9F3O. The number of aliphatic hydroxyl groups excluding tert-OH is 1. The second-order valence-electron chi connectivity index (χ2n) is 3.62. The molecule has 88 valence electrons. The lowest BCUT2D eigenvalue weighted by molar-refractivity contribution is 0.214. The molecule has 1 unspecified atom stereocenters. The van der Waals surface area contributed by atoms with Crippen molar-refractivity contribution < 1.29 is 18.3 Å². The maximum absolute atomic E-state index is 13.4. The molecule has 17 heavy (non-hydrogen) atoms. The fourth-order valence-corrected chi connectivity index (χ4v) is 1.55. The van der Waals surface area contributed by atoms with E-state index in [0.717, 1.165) is 6.07 Å². The molecule has 0 spiro atoms. The monoisotopic (exact) mass is 238 g/mol. The van der Waals surface area contributed by atoms with Gasteiger partial charge in [-0.3, -0.25) is 0 Å². The molecule has 4 heteroatoms. The van der Waals surface area contributed by atoms with Crippen molar-refractivity contribution in [3.8, 4) is 0 Å². The van der Waals surface area contributed by atoms with E-state index in [4.69, 9.17) is 0 Å². The lowest BCUT2D eigenvalue weighted by Crippen LogP contribution is -2.03. The van der Waals surface area contributed by atoms with E-state index in [1.54, 1.807) is 0 Å². The van der Waals surface area contributed by atoms with E-state index < -0.39 is 23.6 Å². The SMILES string of the molecule is OC(c1ccc(F)cc1)c1ccc(F)cc1F. The standard InChI is InChI=1S/C13H9F3O/c14-9-3-1-8(2-4-9)13(17)11-6-5-10(15)7-12(11)16/h1-7,13,17H. The Labute approximate surface area is 96.1 Å². The summed E-state index contributed by atoms with van der Waals surface area (Å²) in [5.74, 6) is -1.99. The van der Waals surface area contributed by atoms with Crippen molar-refractivity contribution in [3.05, 3.63) is 71.0 Å². The molecule has 0 aromatic heterocycles. The molecule has 2 aromatic carbocycles. The first-order chi connectivity index (χ1) is 8.08. The maximum atomic E-state index is 13.4. The molecule has 0 heterocycles. The van der Waals surface area contributed by atoms with Gasteiger partial charge in [0.15, 0.2) is 0 Å². The predicted octanol–water partition coefficient (Wildman–Crippen LogP) is 3.19. The predicted molar refractivity (Wildman–Crippen MR) is 56.8 cm³/mol. The Kier molecular flexibility index (Phi) is 3.15. The van der Waals surface area contributed by atoms with Crippen LogP contribution >= 0.6 is 0 Å². The average molecular weight is 238 g/mol. The van der Waals surface area contributed by atoms with Crippen molar-refractivity contribution >= 4 is 0 Å². The molecule has 1 nitrogen and oxygen atoms in total. The van der Waals surface area contributed by atoms with E-state index in [1.807, 2.05) is 0 Å². The van der Waals surface area contributed by atoms with Crippen LogP contribution < -0.4 is 0 Å². The molecule has 1 atom stereocenters. The Bertz CT molecular complexity index is 523. The van der Waals surface area contributed by atoms with Crippen LogP contribution in [0.25, 0.3) is 0 Å². The van der Waals surface area contributed by atoms with Crippen molar-refractivity contribution in [1.29, 1.82) is 0 Å². The molecule has 2 aromatic rings. The van der Waals surface area contributed by atoms with Crippen molar-refractivity contribution in [1.82, 2.24) is 0 Å². The van der Waals surface area contributed by atoms with Crippen LogP contribution in [-0.2, 0) is 0 Å². The van der Waals surface area contributed by atoms with Crippen LogP contribution in [0.3, 0.4) is 0 Å². The van der Waals surface area contributed by atoms with E-state index in [1.165, 1.54) is 30.3 Å². The first-order valence-corrected chi connectivity index (χ1v) is 4.96. The summed E-state index contributed by atoms with van der Waals surface area (Å²) in [4.78, 5) is 0. The van der Waals surface area contributed by atoms with Gasteiger partial charge in [0, 0.05) is 11.6 Å². The molecule has 0 bridgehead atoms. The van der Waals surface area contributed by atoms with E-state index in [9.17, 15) is 18.3 Å². The zero-order chi connectivity index (χ0) is 12.4. The molecule has 0 aliphatic heterocycles. The molecule has 0 aliphatic rings. The van der Waals surface area contributed by atoms with Crippen LogP contribution in [0, 0.1) is 17.5 Å². The summed E-state index contributed by atoms with van der Waals surface area (Å²) in [6.45, 7) is 0. The van der Waals surface area contributed by atoms with E-state index in [2.05, 4.69) is 0 Å². The van der Waals surface area contributed by atoms with Crippen LogP contribution in [0.5, 0.6) is 0 Å².